The van der Waals surface area contributed by atoms with E-state index in [4.69, 9.17) is 0 Å². The molecule has 20 heavy (non-hydrogen) atoms. The highest BCUT2D eigenvalue weighted by molar-refractivity contribution is 5.97. The number of amides is 1. The monoisotopic (exact) mass is 280 g/mol. The number of aryl methyl sites for hydroxylation is 2. The van der Waals surface area contributed by atoms with Crippen molar-refractivity contribution in [2.45, 2.75) is 45.6 Å². The number of carbonyl (C=O) groups is 1. The van der Waals surface area contributed by atoms with Crippen LogP contribution < -0.4 is 5.32 Å². The first-order valence-electron chi connectivity index (χ1n) is 6.90. The molecule has 1 fully saturated rings. The van der Waals surface area contributed by atoms with Crippen LogP contribution in [0.3, 0.4) is 0 Å². The molecule has 2 atom stereocenters. The van der Waals surface area contributed by atoms with Crippen molar-refractivity contribution in [3.05, 3.63) is 21.5 Å². The van der Waals surface area contributed by atoms with Crippen molar-refractivity contribution >= 4 is 11.6 Å². The van der Waals surface area contributed by atoms with Gasteiger partial charge in [-0.25, -0.2) is 0 Å². The van der Waals surface area contributed by atoms with Crippen molar-refractivity contribution in [3.8, 4) is 0 Å². The fourth-order valence-electron chi connectivity index (χ4n) is 2.89. The van der Waals surface area contributed by atoms with Gasteiger partial charge in [0.1, 0.15) is 5.69 Å². The molecule has 0 saturated heterocycles. The lowest BCUT2D eigenvalue weighted by Crippen LogP contribution is -2.41. The van der Waals surface area contributed by atoms with Crippen LogP contribution in [0.2, 0.25) is 0 Å². The number of hydrogen-bond acceptors (Lipinski definition) is 4. The second-order valence-corrected chi connectivity index (χ2v) is 5.51. The van der Waals surface area contributed by atoms with Gasteiger partial charge in [-0.2, -0.15) is 5.10 Å². The maximum atomic E-state index is 12.3. The standard InChI is InChI=1S/C13H20N4O3/c1-8-6-4-5-7-10(8)14-13(18)12-11(17(19)20)9(2)15-16(12)3/h8,10H,4-7H2,1-3H3,(H,14,18)/t8-,10-/m1/s1. The Bertz CT molecular complexity index is 538. The van der Waals surface area contributed by atoms with E-state index >= 15 is 0 Å². The van der Waals surface area contributed by atoms with Gasteiger partial charge in [-0.15, -0.1) is 0 Å². The smallest absolute Gasteiger partial charge is 0.322 e. The third kappa shape index (κ3) is 2.66. The van der Waals surface area contributed by atoms with Crippen molar-refractivity contribution in [2.75, 3.05) is 0 Å². The molecule has 1 aromatic heterocycles. The molecule has 1 N–H and O–H groups in total. The SMILES string of the molecule is Cc1nn(C)c(C(=O)N[C@@H]2CCCC[C@H]2C)c1[N+](=O)[O-]. The Morgan fingerprint density at radius 3 is 2.70 bits per heavy atom. The fourth-order valence-corrected chi connectivity index (χ4v) is 2.89. The molecule has 0 bridgehead atoms. The largest absolute Gasteiger partial charge is 0.347 e. The summed E-state index contributed by atoms with van der Waals surface area (Å²) in [5, 5.41) is 18.0. The topological polar surface area (TPSA) is 90.1 Å². The fraction of sp³-hybridized carbons (Fsp3) is 0.692. The summed E-state index contributed by atoms with van der Waals surface area (Å²) in [6.45, 7) is 3.64. The Morgan fingerprint density at radius 1 is 1.45 bits per heavy atom. The van der Waals surface area contributed by atoms with Crippen molar-refractivity contribution in [1.29, 1.82) is 0 Å². The Balaban J connectivity index is 2.23. The summed E-state index contributed by atoms with van der Waals surface area (Å²) < 4.78 is 1.29. The molecule has 0 unspecified atom stereocenters. The van der Waals surface area contributed by atoms with Crippen molar-refractivity contribution in [3.63, 3.8) is 0 Å². The average molecular weight is 280 g/mol. The lowest BCUT2D eigenvalue weighted by molar-refractivity contribution is -0.385. The quantitative estimate of drug-likeness (QED) is 0.676. The predicted octanol–water partition coefficient (Wildman–Crippen LogP) is 1.95. The third-order valence-electron chi connectivity index (χ3n) is 4.02. The highest BCUT2D eigenvalue weighted by atomic mass is 16.6. The number of rotatable bonds is 3. The van der Waals surface area contributed by atoms with Gasteiger partial charge in [0, 0.05) is 13.1 Å². The van der Waals surface area contributed by atoms with Gasteiger partial charge in [0.25, 0.3) is 5.91 Å². The van der Waals surface area contributed by atoms with Crippen molar-refractivity contribution in [1.82, 2.24) is 15.1 Å². The first kappa shape index (κ1) is 14.5. The Labute approximate surface area is 117 Å². The second kappa shape index (κ2) is 5.60. The molecule has 1 aromatic rings. The van der Waals surface area contributed by atoms with E-state index in [1.54, 1.807) is 7.05 Å². The van der Waals surface area contributed by atoms with Gasteiger partial charge in [0.05, 0.1) is 4.92 Å². The molecule has 7 heteroatoms. The van der Waals surface area contributed by atoms with Gasteiger partial charge in [-0.1, -0.05) is 19.8 Å². The molecule has 0 spiro atoms. The van der Waals surface area contributed by atoms with Gasteiger partial charge in [-0.3, -0.25) is 19.6 Å². The lowest BCUT2D eigenvalue weighted by Gasteiger charge is -2.29. The molecular weight excluding hydrogens is 260 g/mol. The van der Waals surface area contributed by atoms with E-state index in [1.165, 1.54) is 18.0 Å². The van der Waals surface area contributed by atoms with Crippen LogP contribution >= 0.6 is 0 Å². The summed E-state index contributed by atoms with van der Waals surface area (Å²) >= 11 is 0. The van der Waals surface area contributed by atoms with E-state index in [9.17, 15) is 14.9 Å². The van der Waals surface area contributed by atoms with Crippen LogP contribution in [0.25, 0.3) is 0 Å². The molecule has 110 valence electrons. The summed E-state index contributed by atoms with van der Waals surface area (Å²) in [6, 6.07) is 0.0889. The predicted molar refractivity (Wildman–Crippen MR) is 73.5 cm³/mol. The number of nitro groups is 1. The number of nitrogens with one attached hydrogen (secondary N) is 1. The number of nitrogens with zero attached hydrogens (tertiary/aromatic N) is 3. The molecule has 1 saturated carbocycles. The summed E-state index contributed by atoms with van der Waals surface area (Å²) in [7, 11) is 1.55. The number of hydrogen-bond donors (Lipinski definition) is 1. The van der Waals surface area contributed by atoms with Gasteiger partial charge in [0.2, 0.25) is 5.69 Å². The van der Waals surface area contributed by atoms with Crippen LogP contribution in [0.15, 0.2) is 0 Å². The minimum Gasteiger partial charge on any atom is -0.347 e. The van der Waals surface area contributed by atoms with Crippen molar-refractivity contribution in [2.24, 2.45) is 13.0 Å². The molecule has 1 heterocycles. The molecule has 7 nitrogen and oxygen atoms in total. The van der Waals surface area contributed by atoms with Crippen LogP contribution in [0.1, 0.15) is 48.8 Å². The van der Waals surface area contributed by atoms with Gasteiger partial charge < -0.3 is 5.32 Å². The number of aromatic nitrogens is 2. The van der Waals surface area contributed by atoms with Crippen molar-refractivity contribution < 1.29 is 9.72 Å². The molecule has 0 radical (unpaired) electrons. The molecule has 1 aliphatic rings. The highest BCUT2D eigenvalue weighted by Crippen LogP contribution is 2.26. The molecule has 1 aliphatic carbocycles. The summed E-state index contributed by atoms with van der Waals surface area (Å²) in [4.78, 5) is 22.9. The maximum absolute atomic E-state index is 12.3. The molecular formula is C13H20N4O3. The van der Waals surface area contributed by atoms with Crippen LogP contribution in [-0.4, -0.2) is 26.7 Å². The summed E-state index contributed by atoms with van der Waals surface area (Å²) in [5.41, 5.74) is 0.0954. The minimum atomic E-state index is -0.540. The van der Waals surface area contributed by atoms with E-state index < -0.39 is 10.8 Å². The van der Waals surface area contributed by atoms with Crippen LogP contribution in [-0.2, 0) is 7.05 Å². The highest BCUT2D eigenvalue weighted by Gasteiger charge is 2.31. The van der Waals surface area contributed by atoms with Crippen LogP contribution in [0.4, 0.5) is 5.69 Å². The molecule has 1 amide bonds. The second-order valence-electron chi connectivity index (χ2n) is 5.51. The molecule has 0 aliphatic heterocycles. The summed E-state index contributed by atoms with van der Waals surface area (Å²) in [6.07, 6.45) is 4.27. The third-order valence-corrected chi connectivity index (χ3v) is 4.02. The zero-order valence-electron chi connectivity index (χ0n) is 12.0. The van der Waals surface area contributed by atoms with E-state index in [0.29, 0.717) is 5.92 Å². The zero-order valence-corrected chi connectivity index (χ0v) is 12.0. The van der Waals surface area contributed by atoms with E-state index in [1.807, 2.05) is 0 Å². The molecule has 2 rings (SSSR count). The first-order valence-corrected chi connectivity index (χ1v) is 6.90. The summed E-state index contributed by atoms with van der Waals surface area (Å²) in [5.74, 6) is -0.000342. The average Bonchev–Trinajstić information content (AvgIpc) is 2.67. The Kier molecular flexibility index (Phi) is 4.06. The maximum Gasteiger partial charge on any atom is 0.322 e. The normalized spacial score (nSPS) is 22.6. The van der Waals surface area contributed by atoms with Gasteiger partial charge >= 0.3 is 5.69 Å². The van der Waals surface area contributed by atoms with E-state index in [-0.39, 0.29) is 23.1 Å². The number of carbonyl (C=O) groups excluding carboxylic acids is 1. The Hall–Kier alpha value is -1.92. The zero-order chi connectivity index (χ0) is 14.9. The van der Waals surface area contributed by atoms with E-state index in [0.717, 1.165) is 19.3 Å². The minimum absolute atomic E-state index is 0.0327. The van der Waals surface area contributed by atoms with E-state index in [2.05, 4.69) is 17.3 Å². The van der Waals surface area contributed by atoms with Crippen LogP contribution in [0.5, 0.6) is 0 Å². The first-order chi connectivity index (χ1) is 9.41. The molecule has 0 aromatic carbocycles. The van der Waals surface area contributed by atoms with Gasteiger partial charge in [-0.05, 0) is 25.7 Å². The Morgan fingerprint density at radius 2 is 2.10 bits per heavy atom. The lowest BCUT2D eigenvalue weighted by atomic mass is 9.86. The van der Waals surface area contributed by atoms with Gasteiger partial charge in [0.15, 0.2) is 0 Å². The van der Waals surface area contributed by atoms with Crippen LogP contribution in [0, 0.1) is 23.0 Å².